The van der Waals surface area contributed by atoms with E-state index in [1.807, 2.05) is 10.9 Å². The SMILES string of the molecule is c1ncn(Cc2cnc3n2CCN([C@H]2CCOC2)C3)n1. The monoisotopic (exact) mass is 274 g/mol. The van der Waals surface area contributed by atoms with Gasteiger partial charge in [0.15, 0.2) is 0 Å². The molecule has 0 bridgehead atoms. The average molecular weight is 274 g/mol. The van der Waals surface area contributed by atoms with E-state index < -0.39 is 0 Å². The van der Waals surface area contributed by atoms with Gasteiger partial charge >= 0.3 is 0 Å². The maximum atomic E-state index is 5.49. The first-order valence-corrected chi connectivity index (χ1v) is 7.07. The number of ether oxygens (including phenoxy) is 1. The fourth-order valence-corrected chi connectivity index (χ4v) is 3.07. The smallest absolute Gasteiger partial charge is 0.137 e. The van der Waals surface area contributed by atoms with Crippen molar-refractivity contribution in [3.8, 4) is 0 Å². The Bertz CT molecular complexity index is 572. The van der Waals surface area contributed by atoms with Crippen LogP contribution in [-0.4, -0.2) is 55.0 Å². The van der Waals surface area contributed by atoms with Crippen LogP contribution in [0.3, 0.4) is 0 Å². The number of hydrogen-bond donors (Lipinski definition) is 0. The van der Waals surface area contributed by atoms with Gasteiger partial charge in [-0.3, -0.25) is 4.90 Å². The van der Waals surface area contributed by atoms with Crippen molar-refractivity contribution in [2.45, 2.75) is 32.1 Å². The molecule has 4 heterocycles. The van der Waals surface area contributed by atoms with Gasteiger partial charge in [0.1, 0.15) is 18.5 Å². The normalized spacial score (nSPS) is 23.1. The molecule has 7 heteroatoms. The maximum Gasteiger partial charge on any atom is 0.137 e. The highest BCUT2D eigenvalue weighted by Crippen LogP contribution is 2.20. The van der Waals surface area contributed by atoms with Crippen molar-refractivity contribution in [1.82, 2.24) is 29.2 Å². The zero-order chi connectivity index (χ0) is 13.4. The zero-order valence-corrected chi connectivity index (χ0v) is 11.4. The van der Waals surface area contributed by atoms with E-state index in [0.717, 1.165) is 51.6 Å². The van der Waals surface area contributed by atoms with E-state index in [0.29, 0.717) is 6.04 Å². The van der Waals surface area contributed by atoms with E-state index in [1.54, 1.807) is 12.7 Å². The van der Waals surface area contributed by atoms with E-state index in [4.69, 9.17) is 4.74 Å². The third-order valence-corrected chi connectivity index (χ3v) is 4.19. The lowest BCUT2D eigenvalue weighted by Gasteiger charge is -2.32. The summed E-state index contributed by atoms with van der Waals surface area (Å²) in [5, 5.41) is 4.16. The van der Waals surface area contributed by atoms with E-state index in [9.17, 15) is 0 Å². The summed E-state index contributed by atoms with van der Waals surface area (Å²) >= 11 is 0. The molecule has 106 valence electrons. The number of fused-ring (bicyclic) bond motifs is 1. The molecule has 1 atom stereocenters. The summed E-state index contributed by atoms with van der Waals surface area (Å²) in [6, 6.07) is 0.569. The van der Waals surface area contributed by atoms with Crippen molar-refractivity contribution in [3.05, 3.63) is 30.4 Å². The van der Waals surface area contributed by atoms with E-state index in [1.165, 1.54) is 5.69 Å². The Kier molecular flexibility index (Phi) is 3.00. The second-order valence-electron chi connectivity index (χ2n) is 5.40. The van der Waals surface area contributed by atoms with Crippen molar-refractivity contribution in [1.29, 1.82) is 0 Å². The van der Waals surface area contributed by atoms with Gasteiger partial charge in [-0.15, -0.1) is 0 Å². The molecule has 0 N–H and O–H groups in total. The van der Waals surface area contributed by atoms with Crippen LogP contribution >= 0.6 is 0 Å². The summed E-state index contributed by atoms with van der Waals surface area (Å²) in [5.74, 6) is 1.15. The topological polar surface area (TPSA) is 61.0 Å². The number of aromatic nitrogens is 5. The van der Waals surface area contributed by atoms with Gasteiger partial charge < -0.3 is 9.30 Å². The average Bonchev–Trinajstić information content (AvgIpc) is 3.20. The molecule has 0 amide bonds. The molecule has 0 aromatic carbocycles. The highest BCUT2D eigenvalue weighted by molar-refractivity contribution is 5.08. The minimum absolute atomic E-state index is 0.569. The van der Waals surface area contributed by atoms with Crippen LogP contribution in [0.1, 0.15) is 17.9 Å². The van der Waals surface area contributed by atoms with Crippen molar-refractivity contribution < 1.29 is 4.74 Å². The van der Waals surface area contributed by atoms with E-state index >= 15 is 0 Å². The van der Waals surface area contributed by atoms with Gasteiger partial charge in [0.2, 0.25) is 0 Å². The lowest BCUT2D eigenvalue weighted by molar-refractivity contribution is 0.120. The predicted octanol–water partition coefficient (Wildman–Crippen LogP) is 0.127. The molecule has 2 aliphatic rings. The lowest BCUT2D eigenvalue weighted by atomic mass is 10.2. The van der Waals surface area contributed by atoms with Crippen LogP contribution in [0.2, 0.25) is 0 Å². The Morgan fingerprint density at radius 3 is 3.15 bits per heavy atom. The van der Waals surface area contributed by atoms with Gasteiger partial charge in [-0.05, 0) is 6.42 Å². The zero-order valence-electron chi connectivity index (χ0n) is 11.4. The molecule has 7 nitrogen and oxygen atoms in total. The summed E-state index contributed by atoms with van der Waals surface area (Å²) in [7, 11) is 0. The Morgan fingerprint density at radius 1 is 1.35 bits per heavy atom. The quantitative estimate of drug-likeness (QED) is 0.796. The number of imidazole rings is 1. The van der Waals surface area contributed by atoms with Crippen LogP contribution in [0.15, 0.2) is 18.9 Å². The van der Waals surface area contributed by atoms with Crippen LogP contribution in [0, 0.1) is 0 Å². The van der Waals surface area contributed by atoms with Gasteiger partial charge in [0, 0.05) is 25.7 Å². The minimum atomic E-state index is 0.569. The predicted molar refractivity (Wildman–Crippen MR) is 71.0 cm³/mol. The van der Waals surface area contributed by atoms with Crippen molar-refractivity contribution in [2.24, 2.45) is 0 Å². The van der Waals surface area contributed by atoms with Crippen molar-refractivity contribution in [3.63, 3.8) is 0 Å². The standard InChI is InChI=1S/C13H18N6O/c1-4-20-8-11(1)17-2-3-19-12(5-15-13(19)7-17)6-18-10-14-9-16-18/h5,9-11H,1-4,6-8H2/t11-/m0/s1. The Hall–Kier alpha value is -1.73. The molecule has 0 spiro atoms. The summed E-state index contributed by atoms with van der Waals surface area (Å²) < 4.78 is 9.63. The first-order chi connectivity index (χ1) is 9.90. The summed E-state index contributed by atoms with van der Waals surface area (Å²) in [4.78, 5) is 11.1. The van der Waals surface area contributed by atoms with Crippen LogP contribution in [0.5, 0.6) is 0 Å². The van der Waals surface area contributed by atoms with Gasteiger partial charge in [-0.1, -0.05) is 0 Å². The third kappa shape index (κ3) is 2.12. The molecule has 0 saturated carbocycles. The van der Waals surface area contributed by atoms with Crippen LogP contribution in [-0.2, 0) is 24.4 Å². The molecule has 2 aliphatic heterocycles. The second kappa shape index (κ2) is 4.99. The number of nitrogens with zero attached hydrogens (tertiary/aromatic N) is 6. The van der Waals surface area contributed by atoms with Gasteiger partial charge in [0.05, 0.1) is 31.6 Å². The molecule has 20 heavy (non-hydrogen) atoms. The first kappa shape index (κ1) is 12.0. The highest BCUT2D eigenvalue weighted by atomic mass is 16.5. The largest absolute Gasteiger partial charge is 0.380 e. The lowest BCUT2D eigenvalue weighted by Crippen LogP contribution is -2.41. The number of hydrogen-bond acceptors (Lipinski definition) is 5. The molecule has 0 unspecified atom stereocenters. The summed E-state index contributed by atoms with van der Waals surface area (Å²) in [6.45, 7) is 5.49. The highest BCUT2D eigenvalue weighted by Gasteiger charge is 2.28. The molecule has 1 saturated heterocycles. The van der Waals surface area contributed by atoms with Crippen molar-refractivity contribution in [2.75, 3.05) is 19.8 Å². The fraction of sp³-hybridized carbons (Fsp3) is 0.615. The fourth-order valence-electron chi connectivity index (χ4n) is 3.07. The van der Waals surface area contributed by atoms with Gasteiger partial charge in [0.25, 0.3) is 0 Å². The molecule has 2 aromatic rings. The Morgan fingerprint density at radius 2 is 2.35 bits per heavy atom. The van der Waals surface area contributed by atoms with Crippen LogP contribution in [0.4, 0.5) is 0 Å². The van der Waals surface area contributed by atoms with Crippen LogP contribution in [0.25, 0.3) is 0 Å². The summed E-state index contributed by atoms with van der Waals surface area (Å²) in [6.07, 6.45) is 6.42. The molecule has 4 rings (SSSR count). The van der Waals surface area contributed by atoms with E-state index in [-0.39, 0.29) is 0 Å². The molecule has 1 fully saturated rings. The molecular formula is C13H18N6O. The van der Waals surface area contributed by atoms with Crippen molar-refractivity contribution >= 4 is 0 Å². The third-order valence-electron chi connectivity index (χ3n) is 4.19. The van der Waals surface area contributed by atoms with Gasteiger partial charge in [-0.2, -0.15) is 5.10 Å². The second-order valence-corrected chi connectivity index (χ2v) is 5.40. The molecular weight excluding hydrogens is 256 g/mol. The first-order valence-electron chi connectivity index (χ1n) is 7.07. The Labute approximate surface area is 117 Å². The van der Waals surface area contributed by atoms with Gasteiger partial charge in [-0.25, -0.2) is 14.6 Å². The molecule has 0 aliphatic carbocycles. The summed E-state index contributed by atoms with van der Waals surface area (Å²) in [5.41, 5.74) is 1.20. The Balaban J connectivity index is 1.51. The van der Waals surface area contributed by atoms with Crippen LogP contribution < -0.4 is 0 Å². The number of rotatable bonds is 3. The molecule has 0 radical (unpaired) electrons. The maximum absolute atomic E-state index is 5.49. The molecule has 2 aromatic heterocycles. The minimum Gasteiger partial charge on any atom is -0.380 e. The van der Waals surface area contributed by atoms with E-state index in [2.05, 4.69) is 24.5 Å².